The van der Waals surface area contributed by atoms with Gasteiger partial charge in [0, 0.05) is 30.4 Å². The fraction of sp³-hybridized carbons (Fsp3) is 0.857. The maximum atomic E-state index is 12.7. The van der Waals surface area contributed by atoms with Gasteiger partial charge in [-0.2, -0.15) is 0 Å². The molecule has 0 aromatic heterocycles. The van der Waals surface area contributed by atoms with Crippen molar-refractivity contribution in [1.29, 1.82) is 0 Å². The average Bonchev–Trinajstić information content (AvgIpc) is 2.52. The third kappa shape index (κ3) is 13.0. The van der Waals surface area contributed by atoms with E-state index in [-0.39, 0.29) is 44.3 Å². The molecule has 0 aromatic carbocycles. The van der Waals surface area contributed by atoms with Crippen LogP contribution in [0.2, 0.25) is 0 Å². The van der Waals surface area contributed by atoms with Crippen molar-refractivity contribution < 1.29 is 32.8 Å². The van der Waals surface area contributed by atoms with E-state index < -0.39 is 20.7 Å². The van der Waals surface area contributed by atoms with E-state index in [1.165, 1.54) is 11.8 Å². The minimum absolute atomic E-state index is 0.0167. The van der Waals surface area contributed by atoms with Crippen molar-refractivity contribution >= 4 is 49.1 Å². The Morgan fingerprint density at radius 1 is 1.00 bits per heavy atom. The van der Waals surface area contributed by atoms with E-state index in [1.807, 2.05) is 6.92 Å². The zero-order chi connectivity index (χ0) is 19.3. The van der Waals surface area contributed by atoms with Crippen molar-refractivity contribution in [3.8, 4) is 0 Å². The smallest absolute Gasteiger partial charge is 0.306 e. The molecule has 0 amide bonds. The molecule has 0 aliphatic rings. The van der Waals surface area contributed by atoms with Crippen molar-refractivity contribution in [1.82, 2.24) is 0 Å². The highest BCUT2D eigenvalue weighted by molar-refractivity contribution is 8.22. The van der Waals surface area contributed by atoms with Gasteiger partial charge in [-0.3, -0.25) is 13.9 Å². The van der Waals surface area contributed by atoms with Crippen LogP contribution in [0.5, 0.6) is 0 Å². The summed E-state index contributed by atoms with van der Waals surface area (Å²) >= 11 is 6.15. The Labute approximate surface area is 159 Å². The number of esters is 1. The normalized spacial score (nSPS) is 15.8. The summed E-state index contributed by atoms with van der Waals surface area (Å²) in [5, 5.41) is 0. The molecular formula is C14H28O7P2S2. The van der Waals surface area contributed by atoms with Crippen LogP contribution >= 0.6 is 38.7 Å². The summed E-state index contributed by atoms with van der Waals surface area (Å²) in [6, 6.07) is 0. The minimum Gasteiger partial charge on any atom is -0.479 e. The van der Waals surface area contributed by atoms with Crippen LogP contribution in [0.15, 0.2) is 0 Å². The number of hydrogen-bond donors (Lipinski definition) is 1. The molecule has 0 aliphatic heterocycles. The molecule has 0 rings (SSSR count). The second kappa shape index (κ2) is 13.3. The second-order valence-corrected chi connectivity index (χ2v) is 12.1. The van der Waals surface area contributed by atoms with Crippen molar-refractivity contribution in [2.24, 2.45) is 0 Å². The van der Waals surface area contributed by atoms with E-state index in [0.717, 1.165) is 0 Å². The first-order valence-corrected chi connectivity index (χ1v) is 13.6. The van der Waals surface area contributed by atoms with Crippen LogP contribution < -0.4 is 0 Å². The fourth-order valence-electron chi connectivity index (χ4n) is 1.82. The Morgan fingerprint density at radius 3 is 2.20 bits per heavy atom. The largest absolute Gasteiger partial charge is 0.479 e. The monoisotopic (exact) mass is 434 g/mol. The lowest BCUT2D eigenvalue weighted by Crippen LogP contribution is -2.11. The predicted molar refractivity (Wildman–Crippen MR) is 106 cm³/mol. The zero-order valence-electron chi connectivity index (χ0n) is 15.0. The first-order chi connectivity index (χ1) is 11.7. The fourth-order valence-corrected chi connectivity index (χ4v) is 8.23. The van der Waals surface area contributed by atoms with Crippen LogP contribution in [0, 0.1) is 0 Å². The zero-order valence-corrected chi connectivity index (χ0v) is 18.4. The second-order valence-electron chi connectivity index (χ2n) is 5.06. The molecule has 0 saturated carbocycles. The van der Waals surface area contributed by atoms with Crippen LogP contribution in [0.25, 0.3) is 0 Å². The molecule has 2 atom stereocenters. The van der Waals surface area contributed by atoms with Crippen LogP contribution in [0.3, 0.4) is 0 Å². The van der Waals surface area contributed by atoms with Gasteiger partial charge in [0.15, 0.2) is 0 Å². The van der Waals surface area contributed by atoms with Gasteiger partial charge in [-0.1, -0.05) is 11.8 Å². The lowest BCUT2D eigenvalue weighted by molar-refractivity contribution is -0.142. The summed E-state index contributed by atoms with van der Waals surface area (Å²) in [4.78, 5) is 21.5. The predicted octanol–water partition coefficient (Wildman–Crippen LogP) is 3.58. The molecule has 7 nitrogen and oxygen atoms in total. The summed E-state index contributed by atoms with van der Waals surface area (Å²) in [6.45, 7) is 6.13. The van der Waals surface area contributed by atoms with Crippen LogP contribution in [0.1, 0.15) is 27.2 Å². The highest BCUT2D eigenvalue weighted by atomic mass is 32.2. The number of rotatable bonds is 13. The summed E-state index contributed by atoms with van der Waals surface area (Å²) in [5.41, 5.74) is 0. The van der Waals surface area contributed by atoms with Crippen molar-refractivity contribution in [2.75, 3.05) is 50.2 Å². The van der Waals surface area contributed by atoms with E-state index in [4.69, 9.17) is 26.2 Å². The number of carbonyl (C=O) groups is 1. The Morgan fingerprint density at radius 2 is 1.64 bits per heavy atom. The molecule has 0 fully saturated rings. The lowest BCUT2D eigenvalue weighted by Gasteiger charge is -2.19. The molecule has 0 radical (unpaired) electrons. The minimum atomic E-state index is -3.45. The van der Waals surface area contributed by atoms with E-state index in [2.05, 4.69) is 0 Å². The Kier molecular flexibility index (Phi) is 13.3. The third-order valence-electron chi connectivity index (χ3n) is 3.04. The van der Waals surface area contributed by atoms with E-state index in [1.54, 1.807) is 13.8 Å². The molecule has 11 heteroatoms. The number of thioether (sulfide) groups is 1. The summed E-state index contributed by atoms with van der Waals surface area (Å²) < 4.78 is 40.5. The summed E-state index contributed by atoms with van der Waals surface area (Å²) in [7, 11) is -6.60. The molecule has 25 heavy (non-hydrogen) atoms. The third-order valence-corrected chi connectivity index (χ3v) is 9.31. The van der Waals surface area contributed by atoms with E-state index >= 15 is 0 Å². The van der Waals surface area contributed by atoms with Gasteiger partial charge in [-0.25, -0.2) is 0 Å². The first-order valence-electron chi connectivity index (χ1n) is 8.16. The highest BCUT2D eigenvalue weighted by Crippen LogP contribution is 2.52. The summed E-state index contributed by atoms with van der Waals surface area (Å²) in [5.74, 6) is -0.0931. The van der Waals surface area contributed by atoms with Gasteiger partial charge < -0.3 is 18.9 Å². The van der Waals surface area contributed by atoms with Gasteiger partial charge >= 0.3 is 5.97 Å². The molecule has 148 valence electrons. The maximum absolute atomic E-state index is 12.7. The van der Waals surface area contributed by atoms with Gasteiger partial charge in [0.25, 0.3) is 0 Å². The first kappa shape index (κ1) is 25.1. The standard InChI is InChI=1S/C14H28O7P2S2/c1-4-19-13(15)7-8-23(18,21-6-3)10-9-22(16,17)11-12-25-14(24)20-5-2/h4-12H2,1-3H3,(H,16,17). The van der Waals surface area contributed by atoms with Crippen LogP contribution in [-0.4, -0.2) is 65.5 Å². The maximum Gasteiger partial charge on any atom is 0.306 e. The molecule has 0 saturated heterocycles. The van der Waals surface area contributed by atoms with Crippen molar-refractivity contribution in [2.45, 2.75) is 27.2 Å². The molecule has 0 bridgehead atoms. The van der Waals surface area contributed by atoms with Crippen molar-refractivity contribution in [3.63, 3.8) is 0 Å². The molecule has 1 N–H and O–H groups in total. The number of hydrogen-bond acceptors (Lipinski definition) is 8. The van der Waals surface area contributed by atoms with Gasteiger partial charge in [0.1, 0.15) is 0 Å². The van der Waals surface area contributed by atoms with Crippen LogP contribution in [0.4, 0.5) is 0 Å². The topological polar surface area (TPSA) is 99.1 Å². The SMILES string of the molecule is CCOC(=O)CCP(=O)(CCP(=O)(O)CCSC(=S)OCC)OCC. The molecule has 0 aromatic rings. The van der Waals surface area contributed by atoms with Gasteiger partial charge in [0.05, 0.1) is 26.2 Å². The van der Waals surface area contributed by atoms with Gasteiger partial charge in [-0.15, -0.1) is 0 Å². The summed E-state index contributed by atoms with van der Waals surface area (Å²) in [6.07, 6.45) is -0.110. The Bertz CT molecular complexity index is 513. The molecule has 0 spiro atoms. The van der Waals surface area contributed by atoms with Crippen molar-refractivity contribution in [3.05, 3.63) is 0 Å². The molecule has 0 aliphatic carbocycles. The number of thiocarbonyl (C=S) groups is 1. The molecular weight excluding hydrogens is 406 g/mol. The Balaban J connectivity index is 4.45. The van der Waals surface area contributed by atoms with E-state index in [0.29, 0.717) is 16.7 Å². The lowest BCUT2D eigenvalue weighted by atomic mass is 10.5. The van der Waals surface area contributed by atoms with Crippen LogP contribution in [-0.2, 0) is 27.9 Å². The molecule has 2 unspecified atom stereocenters. The number of ether oxygens (including phenoxy) is 2. The molecule has 0 heterocycles. The Hall–Kier alpha value is 0.0900. The highest BCUT2D eigenvalue weighted by Gasteiger charge is 2.29. The number of carbonyl (C=O) groups excluding carboxylic acids is 1. The van der Waals surface area contributed by atoms with E-state index in [9.17, 15) is 18.8 Å². The average molecular weight is 434 g/mol. The quantitative estimate of drug-likeness (QED) is 0.265. The van der Waals surface area contributed by atoms with Gasteiger partial charge in [-0.05, 0) is 33.0 Å². The van der Waals surface area contributed by atoms with Gasteiger partial charge in [0.2, 0.25) is 19.1 Å².